The number of carboxylic acid groups (broad SMARTS) is 1. The monoisotopic (exact) mass is 1770 g/mol. The number of H-pyrrole nitrogens is 2. The molecule has 123 heavy (non-hydrogen) atoms. The first-order chi connectivity index (χ1) is 59.8. The maximum atomic E-state index is 11.6. The third-order valence-electron chi connectivity index (χ3n) is 19.1. The van der Waals surface area contributed by atoms with Crippen molar-refractivity contribution in [2.75, 3.05) is 351 Å². The van der Waals surface area contributed by atoms with Gasteiger partial charge in [0.2, 0.25) is 0 Å². The van der Waals surface area contributed by atoms with Crippen LogP contribution in [0.5, 0.6) is 0 Å². The Morgan fingerprint density at radius 1 is 0.366 bits per heavy atom. The summed E-state index contributed by atoms with van der Waals surface area (Å²) in [5.41, 5.74) is 19.8. The van der Waals surface area contributed by atoms with Crippen LogP contribution in [0.15, 0.2) is 36.4 Å². The van der Waals surface area contributed by atoms with Crippen molar-refractivity contribution in [2.45, 2.75) is 91.6 Å². The normalized spacial score (nSPS) is 13.6. The van der Waals surface area contributed by atoms with Crippen molar-refractivity contribution in [1.82, 2.24) is 39.7 Å². The summed E-state index contributed by atoms with van der Waals surface area (Å²) < 4.78 is 116. The number of nitrogens with two attached hydrogens (primary N) is 2. The van der Waals surface area contributed by atoms with Gasteiger partial charge in [0.15, 0.2) is 0 Å². The number of benzene rings is 2. The summed E-state index contributed by atoms with van der Waals surface area (Å²) in [5.74, 6) is 1.81. The van der Waals surface area contributed by atoms with Gasteiger partial charge in [0.05, 0.1) is 288 Å². The van der Waals surface area contributed by atoms with Crippen molar-refractivity contribution in [3.8, 4) is 0 Å². The molecule has 6 heterocycles. The maximum absolute atomic E-state index is 11.6. The molecule has 8 rings (SSSR count). The zero-order valence-electron chi connectivity index (χ0n) is 74.0. The van der Waals surface area contributed by atoms with E-state index in [1.54, 1.807) is 0 Å². The predicted octanol–water partition coefficient (Wildman–Crippen LogP) is 7.28. The highest BCUT2D eigenvalue weighted by molar-refractivity contribution is 6.08. The van der Waals surface area contributed by atoms with Gasteiger partial charge in [-0.15, -0.1) is 12.4 Å². The van der Waals surface area contributed by atoms with Crippen LogP contribution in [0.3, 0.4) is 0 Å². The molecule has 4 aromatic heterocycles. The molecule has 700 valence electrons. The average molecular weight is 1770 g/mol. The van der Waals surface area contributed by atoms with Gasteiger partial charge in [-0.3, -0.25) is 19.4 Å². The molecule has 0 unspecified atom stereocenters. The molecule has 0 spiro atoms. The molecule has 0 radical (unpaired) electrons. The number of nitrogens with one attached hydrogen (secondary N) is 2. The van der Waals surface area contributed by atoms with E-state index in [1.165, 1.54) is 0 Å². The van der Waals surface area contributed by atoms with Crippen LogP contribution in [0.1, 0.15) is 84.8 Å². The Kier molecular flexibility index (Phi) is 57.5. The number of anilines is 4. The molecule has 0 amide bonds. The number of imidazole rings is 2. The second kappa shape index (κ2) is 67.1. The quantitative estimate of drug-likeness (QED) is 0.0185. The first-order valence-electron chi connectivity index (χ1n) is 43.9. The van der Waals surface area contributed by atoms with Crippen molar-refractivity contribution in [3.05, 3.63) is 48.0 Å². The number of hydrogen-bond acceptors (Lipinski definition) is 33. The van der Waals surface area contributed by atoms with Crippen molar-refractivity contribution >= 4 is 91.2 Å². The number of carboxylic acids is 1. The Labute approximate surface area is 732 Å². The standard InChI is InChI=1S/C45H76N6O12.C41H68N6O12.ClH/c1-5-6-7-40-48-42-38-9-8-37(36-39(38)47-44(46)43(42)49-40)51-13-11-50(12-14-51)15-17-54-19-21-56-23-25-58-27-29-60-31-33-62-35-34-61-32-30-59-28-26-57-24-22-55-20-18-53-16-10-41(52)63-45(2,3)4;1-2-3-4-37-44-39-35-6-5-34(33-36(35)43-41(42)40(39)45-37)47-10-8-46(9-11-47)12-14-51-16-18-53-20-22-55-24-26-57-28-30-59-32-31-58-29-27-56-25-23-54-21-19-52-17-15-50-13-7-38(48)49;/h8-9,36H,5-7,10-35H2,1-4H3,(H2,46,47)(H,48,49);5-6,33H,2-4,7-32H2,1H3,(H2,42,43)(H,44,45)(H,48,49);1H. The van der Waals surface area contributed by atoms with Gasteiger partial charge >= 0.3 is 11.9 Å². The van der Waals surface area contributed by atoms with Gasteiger partial charge in [-0.05, 0) is 70.0 Å². The third-order valence-corrected chi connectivity index (χ3v) is 19.1. The molecule has 36 nitrogen and oxygen atoms in total. The van der Waals surface area contributed by atoms with Gasteiger partial charge in [-0.2, -0.15) is 0 Å². The number of aromatic amines is 2. The number of pyridine rings is 2. The van der Waals surface area contributed by atoms with Gasteiger partial charge in [0, 0.05) is 100 Å². The fraction of sp³-hybridized carbons (Fsp3) is 0.744. The van der Waals surface area contributed by atoms with Crippen LogP contribution in [0.4, 0.5) is 23.0 Å². The largest absolute Gasteiger partial charge is 0.481 e. The number of unbranched alkanes of at least 4 members (excludes halogenated alkanes) is 2. The number of carbonyl (C=O) groups is 2. The molecule has 2 aliphatic rings. The SMILES string of the molecule is CCCCc1nc2c([nH]1)c(N)nc1cc(N3CCN(CCOCCOCCOCCOCCOCCOCCOCCOCCOCCOCCC(=O)O)CC3)ccc12.CCCCc1nc2c([nH]1)c(N)nc1cc(N3CCN(CCOCCOCCOCCOCCOCCOCCOCCOCCOCCOCCC(=O)OC(C)(C)C)CC3)ccc12.Cl. The number of aliphatic carboxylic acids is 1. The highest BCUT2D eigenvalue weighted by Crippen LogP contribution is 2.32. The number of halogens is 1. The van der Waals surface area contributed by atoms with Gasteiger partial charge in [0.1, 0.15) is 51.0 Å². The molecule has 0 saturated carbocycles. The zero-order valence-corrected chi connectivity index (χ0v) is 74.8. The van der Waals surface area contributed by atoms with Gasteiger partial charge < -0.3 is 136 Å². The highest BCUT2D eigenvalue weighted by Gasteiger charge is 2.23. The summed E-state index contributed by atoms with van der Waals surface area (Å²) in [6, 6.07) is 12.9. The van der Waals surface area contributed by atoms with E-state index in [0.29, 0.717) is 269 Å². The molecular weight excluding hydrogens is 1620 g/mol. The van der Waals surface area contributed by atoms with Crippen molar-refractivity contribution in [2.24, 2.45) is 0 Å². The predicted molar refractivity (Wildman–Crippen MR) is 472 cm³/mol. The first-order valence-corrected chi connectivity index (χ1v) is 43.9. The van der Waals surface area contributed by atoms with Crippen LogP contribution < -0.4 is 21.3 Å². The minimum Gasteiger partial charge on any atom is -0.481 e. The molecule has 2 aromatic carbocycles. The second-order valence-electron chi connectivity index (χ2n) is 29.8. The lowest BCUT2D eigenvalue weighted by Gasteiger charge is -2.36. The van der Waals surface area contributed by atoms with E-state index >= 15 is 0 Å². The van der Waals surface area contributed by atoms with Crippen LogP contribution in [0, 0.1) is 0 Å². The molecule has 37 heteroatoms. The fourth-order valence-electron chi connectivity index (χ4n) is 12.6. The number of rotatable bonds is 74. The number of aryl methyl sites for hydroxylation is 2. The van der Waals surface area contributed by atoms with Crippen LogP contribution in [-0.2, 0) is 122 Å². The molecule has 2 aliphatic heterocycles. The van der Waals surface area contributed by atoms with Crippen molar-refractivity contribution < 1.29 is 114 Å². The third kappa shape index (κ3) is 46.9. The van der Waals surface area contributed by atoms with E-state index in [9.17, 15) is 9.59 Å². The lowest BCUT2D eigenvalue weighted by Crippen LogP contribution is -2.47. The van der Waals surface area contributed by atoms with E-state index in [1.807, 2.05) is 20.8 Å². The minimum absolute atomic E-state index is 0. The Balaban J connectivity index is 0.000000378. The number of nitrogen functional groups attached to an aromatic ring is 2. The summed E-state index contributed by atoms with van der Waals surface area (Å²) in [6.45, 7) is 38.8. The summed E-state index contributed by atoms with van der Waals surface area (Å²) in [4.78, 5) is 57.6. The van der Waals surface area contributed by atoms with E-state index < -0.39 is 11.6 Å². The number of carbonyl (C=O) groups excluding carboxylic acids is 1. The number of fused-ring (bicyclic) bond motifs is 6. The molecular formula is C86H145ClN12O24. The number of nitrogens with zero attached hydrogens (tertiary/aromatic N) is 8. The highest BCUT2D eigenvalue weighted by atomic mass is 35.5. The smallest absolute Gasteiger partial charge is 0.308 e. The van der Waals surface area contributed by atoms with E-state index in [4.69, 9.17) is 136 Å². The number of piperazine rings is 2. The Morgan fingerprint density at radius 2 is 0.618 bits per heavy atom. The van der Waals surface area contributed by atoms with E-state index in [2.05, 4.69) is 79.8 Å². The number of ether oxygens (including phenoxy) is 21. The molecule has 2 fully saturated rings. The van der Waals surface area contributed by atoms with Crippen LogP contribution in [-0.4, -0.2) is 392 Å². The molecule has 2 saturated heterocycles. The summed E-state index contributed by atoms with van der Waals surface area (Å²) >= 11 is 0. The molecule has 7 N–H and O–H groups in total. The Hall–Kier alpha value is -6.25. The second-order valence-corrected chi connectivity index (χ2v) is 29.8. The summed E-state index contributed by atoms with van der Waals surface area (Å²) in [5, 5.41) is 10.6. The van der Waals surface area contributed by atoms with E-state index in [-0.39, 0.29) is 37.8 Å². The van der Waals surface area contributed by atoms with Crippen LogP contribution in [0.25, 0.3) is 43.9 Å². The molecule has 6 aromatic rings. The van der Waals surface area contributed by atoms with Crippen LogP contribution >= 0.6 is 12.4 Å². The van der Waals surface area contributed by atoms with Gasteiger partial charge in [0.25, 0.3) is 0 Å². The number of aromatic nitrogens is 6. The summed E-state index contributed by atoms with van der Waals surface area (Å²) in [7, 11) is 0. The Morgan fingerprint density at radius 3 is 0.870 bits per heavy atom. The lowest BCUT2D eigenvalue weighted by molar-refractivity contribution is -0.156. The minimum atomic E-state index is -0.874. The lowest BCUT2D eigenvalue weighted by atomic mass is 10.1. The first kappa shape index (κ1) is 106. The fourth-order valence-corrected chi connectivity index (χ4v) is 12.6. The number of hydrogen-bond donors (Lipinski definition) is 5. The van der Waals surface area contributed by atoms with Crippen LogP contribution in [0.2, 0.25) is 0 Å². The van der Waals surface area contributed by atoms with Crippen molar-refractivity contribution in [3.63, 3.8) is 0 Å². The topological polar surface area (TPSA) is 396 Å². The molecule has 0 bridgehead atoms. The van der Waals surface area contributed by atoms with E-state index in [0.717, 1.165) is 171 Å². The molecule has 0 aliphatic carbocycles. The number of esters is 1. The zero-order chi connectivity index (χ0) is 86.4. The van der Waals surface area contributed by atoms with Gasteiger partial charge in [-0.25, -0.2) is 19.9 Å². The summed E-state index contributed by atoms with van der Waals surface area (Å²) in [6.07, 6.45) is 6.48. The maximum Gasteiger partial charge on any atom is 0.308 e. The van der Waals surface area contributed by atoms with Gasteiger partial charge in [-0.1, -0.05) is 26.7 Å². The molecule has 0 atom stereocenters. The van der Waals surface area contributed by atoms with Crippen molar-refractivity contribution in [1.29, 1.82) is 0 Å². The Bertz CT molecular complexity index is 3670. The average Bonchev–Trinajstić information content (AvgIpc) is 1.68.